The molecular weight excluding hydrogens is 530 g/mol. The van der Waals surface area contributed by atoms with E-state index >= 15 is 0 Å². The molecule has 0 saturated carbocycles. The minimum atomic E-state index is -1.19. The molecule has 0 saturated heterocycles. The van der Waals surface area contributed by atoms with Crippen LogP contribution in [0.3, 0.4) is 0 Å². The van der Waals surface area contributed by atoms with Gasteiger partial charge in [-0.15, -0.1) is 0 Å². The Balaban J connectivity index is 1.24. The van der Waals surface area contributed by atoms with Gasteiger partial charge in [-0.3, -0.25) is 0 Å². The van der Waals surface area contributed by atoms with Gasteiger partial charge in [0, 0.05) is 0 Å². The molecule has 2 heteroatoms. The molecule has 0 N–H and O–H groups in total. The number of hydrogen-bond acceptors (Lipinski definition) is 0. The molecule has 0 aliphatic rings. The molecule has 0 fully saturated rings. The molecule has 0 heterocycles. The summed E-state index contributed by atoms with van der Waals surface area (Å²) in [4.78, 5) is 0. The zero-order chi connectivity index (χ0) is 28.6. The van der Waals surface area contributed by atoms with Crippen molar-refractivity contribution in [2.45, 2.75) is 71.1 Å². The van der Waals surface area contributed by atoms with Gasteiger partial charge in [-0.25, -0.2) is 0 Å². The molecule has 4 aromatic carbocycles. The van der Waals surface area contributed by atoms with Crippen molar-refractivity contribution in [3.05, 3.63) is 132 Å². The number of rotatable bonds is 18. The summed E-state index contributed by atoms with van der Waals surface area (Å²) in [6, 6.07) is 45.4. The molecule has 41 heavy (non-hydrogen) atoms. The first-order chi connectivity index (χ1) is 20.2. The quantitative estimate of drug-likeness (QED) is 0.0809. The van der Waals surface area contributed by atoms with E-state index in [0.717, 1.165) is 0 Å². The summed E-state index contributed by atoms with van der Waals surface area (Å²) in [5.74, 6) is 0. The monoisotopic (exact) mass is 582 g/mol. The van der Waals surface area contributed by atoms with Crippen LogP contribution in [0.4, 0.5) is 0 Å². The summed E-state index contributed by atoms with van der Waals surface area (Å²) >= 11 is 0. The average Bonchev–Trinajstić information content (AvgIpc) is 3.04. The number of unbranched alkanes of at least 4 members (excludes halogenated alkanes) is 6. The van der Waals surface area contributed by atoms with Crippen molar-refractivity contribution in [2.75, 3.05) is 24.6 Å². The molecule has 0 aliphatic heterocycles. The first kappa shape index (κ1) is 31.7. The second-order valence-electron chi connectivity index (χ2n) is 11.8. The van der Waals surface area contributed by atoms with Gasteiger partial charge in [-0.2, -0.15) is 0 Å². The fraction of sp³-hybridized carbons (Fsp3) is 0.385. The van der Waals surface area contributed by atoms with E-state index in [2.05, 4.69) is 135 Å². The topological polar surface area (TPSA) is 0 Å². The maximum absolute atomic E-state index is 2.44. The lowest BCUT2D eigenvalue weighted by Crippen LogP contribution is -2.18. The molecule has 0 aromatic heterocycles. The summed E-state index contributed by atoms with van der Waals surface area (Å²) in [7, 11) is -2.39. The Morgan fingerprint density at radius 2 is 0.659 bits per heavy atom. The van der Waals surface area contributed by atoms with E-state index in [1.165, 1.54) is 93.0 Å². The van der Waals surface area contributed by atoms with Crippen LogP contribution in [0.25, 0.3) is 0 Å². The van der Waals surface area contributed by atoms with Crippen molar-refractivity contribution < 1.29 is 0 Å². The van der Waals surface area contributed by atoms with Gasteiger partial charge >= 0.3 is 0 Å². The average molecular weight is 583 g/mol. The van der Waals surface area contributed by atoms with E-state index in [9.17, 15) is 0 Å². The number of hydrogen-bond donors (Lipinski definition) is 0. The van der Waals surface area contributed by atoms with Crippen molar-refractivity contribution in [3.8, 4) is 0 Å². The van der Waals surface area contributed by atoms with Gasteiger partial charge in [0.1, 0.15) is 0 Å². The Morgan fingerprint density at radius 3 is 0.976 bits per heavy atom. The van der Waals surface area contributed by atoms with Crippen LogP contribution in [0.1, 0.15) is 69.9 Å². The Kier molecular flexibility index (Phi) is 13.1. The second-order valence-corrected chi connectivity index (χ2v) is 20.2. The highest BCUT2D eigenvalue weighted by atomic mass is 31.2. The normalized spacial score (nSPS) is 14.3. The lowest BCUT2D eigenvalue weighted by atomic mass is 10.1. The van der Waals surface area contributed by atoms with Crippen molar-refractivity contribution in [3.63, 3.8) is 0 Å². The molecule has 0 bridgehead atoms. The summed E-state index contributed by atoms with van der Waals surface area (Å²) in [6.45, 7) is 4.88. The SMILES string of the molecule is CC[P+](CCCCCCCCC[P+](CC)(Cc1ccccc1)c1ccccc1)(Cc1ccccc1)c1ccccc1. The van der Waals surface area contributed by atoms with Crippen LogP contribution in [0.5, 0.6) is 0 Å². The largest absolute Gasteiger partial charge is 0.0942 e. The molecule has 0 aliphatic carbocycles. The highest BCUT2D eigenvalue weighted by Gasteiger charge is 2.38. The van der Waals surface area contributed by atoms with E-state index in [-0.39, 0.29) is 0 Å². The standard InChI is InChI=1S/C39H52P2/c1-3-40(38-28-18-12-19-29-38,34-36-24-14-10-15-25-36)32-22-8-6-5-7-9-23-33-41(4-2,39-30-20-13-21-31-39)35-37-26-16-11-17-27-37/h10-21,24-31H,3-9,22-23,32-35H2,1-2H3/q+2. The summed E-state index contributed by atoms with van der Waals surface area (Å²) < 4.78 is 0. The molecule has 4 aromatic rings. The summed E-state index contributed by atoms with van der Waals surface area (Å²) in [5, 5.41) is 3.26. The van der Waals surface area contributed by atoms with Crippen LogP contribution < -0.4 is 10.6 Å². The Bertz CT molecular complexity index is 1130. The van der Waals surface area contributed by atoms with Crippen molar-refractivity contribution in [1.29, 1.82) is 0 Å². The van der Waals surface area contributed by atoms with E-state index in [0.29, 0.717) is 0 Å². The van der Waals surface area contributed by atoms with Crippen LogP contribution in [-0.4, -0.2) is 24.6 Å². The fourth-order valence-electron chi connectivity index (χ4n) is 6.57. The van der Waals surface area contributed by atoms with Crippen LogP contribution in [0, 0.1) is 0 Å². The molecule has 0 amide bonds. The second kappa shape index (κ2) is 17.0. The predicted molar refractivity (Wildman–Crippen MR) is 189 cm³/mol. The van der Waals surface area contributed by atoms with Gasteiger partial charge in [-0.1, -0.05) is 116 Å². The van der Waals surface area contributed by atoms with Gasteiger partial charge in [0.15, 0.2) is 0 Å². The lowest BCUT2D eigenvalue weighted by Gasteiger charge is -2.27. The Morgan fingerprint density at radius 1 is 0.366 bits per heavy atom. The predicted octanol–water partition coefficient (Wildman–Crippen LogP) is 10.8. The highest BCUT2D eigenvalue weighted by Crippen LogP contribution is 2.61. The van der Waals surface area contributed by atoms with Crippen LogP contribution in [-0.2, 0) is 12.3 Å². The van der Waals surface area contributed by atoms with E-state index in [4.69, 9.17) is 0 Å². The van der Waals surface area contributed by atoms with Crippen molar-refractivity contribution >= 4 is 25.1 Å². The van der Waals surface area contributed by atoms with Gasteiger partial charge in [0.2, 0.25) is 0 Å². The smallest absolute Gasteiger partial charge is 0.0622 e. The minimum absolute atomic E-state index is 1.19. The summed E-state index contributed by atoms with van der Waals surface area (Å²) in [6.07, 6.45) is 17.6. The third-order valence-electron chi connectivity index (χ3n) is 9.15. The Hall–Kier alpha value is -2.26. The minimum Gasteiger partial charge on any atom is -0.0622 e. The summed E-state index contributed by atoms with van der Waals surface area (Å²) in [5.41, 5.74) is 3.03. The molecular formula is C39H52P2+2. The first-order valence-corrected chi connectivity index (χ1v) is 20.8. The van der Waals surface area contributed by atoms with E-state index < -0.39 is 14.5 Å². The highest BCUT2D eigenvalue weighted by molar-refractivity contribution is 7.82. The van der Waals surface area contributed by atoms with Gasteiger partial charge in [0.05, 0.1) is 62.1 Å². The first-order valence-electron chi connectivity index (χ1n) is 16.1. The van der Waals surface area contributed by atoms with E-state index in [1.54, 1.807) is 10.6 Å². The van der Waals surface area contributed by atoms with Gasteiger partial charge in [-0.05, 0) is 74.9 Å². The fourth-order valence-corrected chi connectivity index (χ4v) is 14.7. The molecule has 2 unspecified atom stereocenters. The third-order valence-corrected chi connectivity index (χ3v) is 18.6. The molecule has 2 atom stereocenters. The van der Waals surface area contributed by atoms with E-state index in [1.807, 2.05) is 0 Å². The zero-order valence-electron chi connectivity index (χ0n) is 25.6. The maximum atomic E-state index is 2.44. The molecule has 0 spiro atoms. The molecule has 4 rings (SSSR count). The number of benzene rings is 4. The lowest BCUT2D eigenvalue weighted by molar-refractivity contribution is 0.603. The van der Waals surface area contributed by atoms with Crippen LogP contribution in [0.2, 0.25) is 0 Å². The molecule has 0 nitrogen and oxygen atoms in total. The maximum Gasteiger partial charge on any atom is 0.0942 e. The molecule has 216 valence electrons. The third kappa shape index (κ3) is 9.37. The Labute approximate surface area is 252 Å². The zero-order valence-corrected chi connectivity index (χ0v) is 27.4. The van der Waals surface area contributed by atoms with Gasteiger partial charge in [0.25, 0.3) is 0 Å². The van der Waals surface area contributed by atoms with Crippen molar-refractivity contribution in [2.24, 2.45) is 0 Å². The van der Waals surface area contributed by atoms with Crippen LogP contribution in [0.15, 0.2) is 121 Å². The van der Waals surface area contributed by atoms with Crippen molar-refractivity contribution in [1.82, 2.24) is 0 Å². The molecule has 0 radical (unpaired) electrons. The van der Waals surface area contributed by atoms with Gasteiger partial charge < -0.3 is 0 Å². The van der Waals surface area contributed by atoms with Crippen LogP contribution >= 0.6 is 14.5 Å².